The first-order chi connectivity index (χ1) is 9.24. The molecule has 0 spiro atoms. The van der Waals surface area contributed by atoms with E-state index in [1.807, 2.05) is 23.0 Å². The molecule has 1 heterocycles. The smallest absolute Gasteiger partial charge is 0.0741 e. The van der Waals surface area contributed by atoms with Crippen molar-refractivity contribution in [2.45, 2.75) is 6.54 Å². The SMILES string of the molecule is CN(C)Cc1cccc(-n2ncc3ccccc32)c1. The lowest BCUT2D eigenvalue weighted by Gasteiger charge is -2.11. The molecule has 3 heteroatoms. The van der Waals surface area contributed by atoms with Crippen molar-refractivity contribution in [1.82, 2.24) is 14.7 Å². The maximum Gasteiger partial charge on any atom is 0.0741 e. The molecule has 96 valence electrons. The van der Waals surface area contributed by atoms with Crippen LogP contribution in [0.15, 0.2) is 54.7 Å². The highest BCUT2D eigenvalue weighted by Gasteiger charge is 2.05. The monoisotopic (exact) mass is 251 g/mol. The Morgan fingerprint density at radius 2 is 1.89 bits per heavy atom. The zero-order valence-corrected chi connectivity index (χ0v) is 11.2. The molecule has 0 bridgehead atoms. The van der Waals surface area contributed by atoms with Crippen LogP contribution in [0.5, 0.6) is 0 Å². The number of para-hydroxylation sites is 1. The fourth-order valence-electron chi connectivity index (χ4n) is 2.33. The van der Waals surface area contributed by atoms with E-state index in [9.17, 15) is 0 Å². The molecule has 0 fully saturated rings. The molecule has 3 rings (SSSR count). The molecule has 19 heavy (non-hydrogen) atoms. The molecule has 2 aromatic carbocycles. The summed E-state index contributed by atoms with van der Waals surface area (Å²) >= 11 is 0. The van der Waals surface area contributed by atoms with Gasteiger partial charge in [0, 0.05) is 11.9 Å². The summed E-state index contributed by atoms with van der Waals surface area (Å²) in [5.41, 5.74) is 3.55. The van der Waals surface area contributed by atoms with E-state index in [0.29, 0.717) is 0 Å². The van der Waals surface area contributed by atoms with E-state index in [1.165, 1.54) is 10.9 Å². The van der Waals surface area contributed by atoms with Gasteiger partial charge in [0.1, 0.15) is 0 Å². The molecule has 0 atom stereocenters. The van der Waals surface area contributed by atoms with Crippen molar-refractivity contribution in [2.75, 3.05) is 14.1 Å². The molecule has 0 saturated heterocycles. The van der Waals surface area contributed by atoms with Gasteiger partial charge in [-0.05, 0) is 37.9 Å². The van der Waals surface area contributed by atoms with Crippen LogP contribution in [0.25, 0.3) is 16.6 Å². The second-order valence-corrected chi connectivity index (χ2v) is 5.02. The average molecular weight is 251 g/mol. The summed E-state index contributed by atoms with van der Waals surface area (Å²) in [4.78, 5) is 2.17. The van der Waals surface area contributed by atoms with Crippen LogP contribution in [0.4, 0.5) is 0 Å². The Bertz CT molecular complexity index is 698. The molecule has 0 N–H and O–H groups in total. The van der Waals surface area contributed by atoms with Gasteiger partial charge in [-0.3, -0.25) is 0 Å². The largest absolute Gasteiger partial charge is 0.305 e. The lowest BCUT2D eigenvalue weighted by Crippen LogP contribution is -2.10. The summed E-state index contributed by atoms with van der Waals surface area (Å²) in [6.45, 7) is 0.938. The molecule has 0 aliphatic carbocycles. The molecule has 1 aromatic heterocycles. The third-order valence-electron chi connectivity index (χ3n) is 3.13. The van der Waals surface area contributed by atoms with Crippen LogP contribution in [0.3, 0.4) is 0 Å². The molecule has 0 unspecified atom stereocenters. The normalized spacial score (nSPS) is 11.3. The van der Waals surface area contributed by atoms with Gasteiger partial charge in [-0.1, -0.05) is 30.3 Å². The highest BCUT2D eigenvalue weighted by Crippen LogP contribution is 2.18. The molecule has 0 radical (unpaired) electrons. The Balaban J connectivity index is 2.06. The summed E-state index contributed by atoms with van der Waals surface area (Å²) < 4.78 is 1.99. The fraction of sp³-hybridized carbons (Fsp3) is 0.188. The van der Waals surface area contributed by atoms with Gasteiger partial charge in [0.25, 0.3) is 0 Å². The summed E-state index contributed by atoms with van der Waals surface area (Å²) in [5.74, 6) is 0. The van der Waals surface area contributed by atoms with E-state index in [1.54, 1.807) is 0 Å². The number of nitrogens with zero attached hydrogens (tertiary/aromatic N) is 3. The van der Waals surface area contributed by atoms with E-state index in [4.69, 9.17) is 0 Å². The standard InChI is InChI=1S/C16H17N3/c1-18(2)12-13-6-5-8-15(10-13)19-16-9-4-3-7-14(16)11-17-19/h3-11H,12H2,1-2H3. The molecule has 3 aromatic rings. The average Bonchev–Trinajstić information content (AvgIpc) is 2.82. The summed E-state index contributed by atoms with van der Waals surface area (Å²) in [6, 6.07) is 16.8. The van der Waals surface area contributed by atoms with Gasteiger partial charge in [0.2, 0.25) is 0 Å². The van der Waals surface area contributed by atoms with Gasteiger partial charge in [0.15, 0.2) is 0 Å². The number of fused-ring (bicyclic) bond motifs is 1. The van der Waals surface area contributed by atoms with Crippen LogP contribution in [0.2, 0.25) is 0 Å². The number of hydrogen-bond donors (Lipinski definition) is 0. The topological polar surface area (TPSA) is 21.1 Å². The van der Waals surface area contributed by atoms with Gasteiger partial charge >= 0.3 is 0 Å². The van der Waals surface area contributed by atoms with Crippen LogP contribution >= 0.6 is 0 Å². The minimum absolute atomic E-state index is 0.938. The molecule has 0 amide bonds. The Labute approximate surface area is 113 Å². The van der Waals surface area contributed by atoms with Crippen LogP contribution < -0.4 is 0 Å². The Kier molecular flexibility index (Phi) is 3.05. The molecule has 0 aliphatic rings. The van der Waals surface area contributed by atoms with E-state index >= 15 is 0 Å². The zero-order valence-electron chi connectivity index (χ0n) is 11.2. The van der Waals surface area contributed by atoms with Crippen molar-refractivity contribution in [3.63, 3.8) is 0 Å². The van der Waals surface area contributed by atoms with Crippen molar-refractivity contribution >= 4 is 10.9 Å². The van der Waals surface area contributed by atoms with Crippen LogP contribution in [-0.2, 0) is 6.54 Å². The van der Waals surface area contributed by atoms with Crippen LogP contribution in [-0.4, -0.2) is 28.8 Å². The van der Waals surface area contributed by atoms with E-state index in [2.05, 4.69) is 60.5 Å². The first-order valence-electron chi connectivity index (χ1n) is 6.41. The predicted octanol–water partition coefficient (Wildman–Crippen LogP) is 3.09. The summed E-state index contributed by atoms with van der Waals surface area (Å²) in [7, 11) is 4.16. The summed E-state index contributed by atoms with van der Waals surface area (Å²) in [6.07, 6.45) is 1.91. The Morgan fingerprint density at radius 1 is 1.05 bits per heavy atom. The highest BCUT2D eigenvalue weighted by molar-refractivity contribution is 5.80. The molecular weight excluding hydrogens is 234 g/mol. The van der Waals surface area contributed by atoms with Gasteiger partial charge in [-0.2, -0.15) is 5.10 Å². The predicted molar refractivity (Wildman–Crippen MR) is 78.5 cm³/mol. The van der Waals surface area contributed by atoms with Gasteiger partial charge in [-0.15, -0.1) is 0 Å². The summed E-state index contributed by atoms with van der Waals surface area (Å²) in [5, 5.41) is 5.66. The molecule has 3 nitrogen and oxygen atoms in total. The zero-order chi connectivity index (χ0) is 13.2. The number of benzene rings is 2. The quantitative estimate of drug-likeness (QED) is 0.713. The minimum atomic E-state index is 0.938. The fourth-order valence-corrected chi connectivity index (χ4v) is 2.33. The van der Waals surface area contributed by atoms with Gasteiger partial charge in [-0.25, -0.2) is 4.68 Å². The second-order valence-electron chi connectivity index (χ2n) is 5.02. The third kappa shape index (κ3) is 2.37. The van der Waals surface area contributed by atoms with Crippen LogP contribution in [0, 0.1) is 0 Å². The third-order valence-corrected chi connectivity index (χ3v) is 3.13. The van der Waals surface area contributed by atoms with E-state index in [-0.39, 0.29) is 0 Å². The Hall–Kier alpha value is -2.13. The lowest BCUT2D eigenvalue weighted by atomic mass is 10.2. The van der Waals surface area contributed by atoms with Crippen molar-refractivity contribution in [1.29, 1.82) is 0 Å². The minimum Gasteiger partial charge on any atom is -0.305 e. The first-order valence-corrected chi connectivity index (χ1v) is 6.41. The van der Waals surface area contributed by atoms with Gasteiger partial charge in [0.05, 0.1) is 17.4 Å². The molecule has 0 aliphatic heterocycles. The van der Waals surface area contributed by atoms with Gasteiger partial charge < -0.3 is 4.90 Å². The molecule has 0 saturated carbocycles. The first kappa shape index (κ1) is 11.9. The van der Waals surface area contributed by atoms with Crippen LogP contribution in [0.1, 0.15) is 5.56 Å². The maximum absolute atomic E-state index is 4.49. The number of hydrogen-bond acceptors (Lipinski definition) is 2. The highest BCUT2D eigenvalue weighted by atomic mass is 15.3. The Morgan fingerprint density at radius 3 is 2.74 bits per heavy atom. The maximum atomic E-state index is 4.49. The molecular formula is C16H17N3. The van der Waals surface area contributed by atoms with Crippen molar-refractivity contribution < 1.29 is 0 Å². The van der Waals surface area contributed by atoms with E-state index in [0.717, 1.165) is 17.7 Å². The lowest BCUT2D eigenvalue weighted by molar-refractivity contribution is 0.402. The van der Waals surface area contributed by atoms with Crippen molar-refractivity contribution in [3.8, 4) is 5.69 Å². The number of rotatable bonds is 3. The van der Waals surface area contributed by atoms with E-state index < -0.39 is 0 Å². The van der Waals surface area contributed by atoms with Crippen molar-refractivity contribution in [2.24, 2.45) is 0 Å². The second kappa shape index (κ2) is 4.86. The number of aromatic nitrogens is 2. The van der Waals surface area contributed by atoms with Crippen molar-refractivity contribution in [3.05, 3.63) is 60.3 Å².